The van der Waals surface area contributed by atoms with Crippen molar-refractivity contribution in [2.75, 3.05) is 13.0 Å². The van der Waals surface area contributed by atoms with Crippen molar-refractivity contribution in [3.05, 3.63) is 63.7 Å². The Kier molecular flexibility index (Phi) is 11.4. The average molecular weight is 279 g/mol. The second kappa shape index (κ2) is 10.9. The number of alkyl halides is 1. The van der Waals surface area contributed by atoms with Crippen LogP contribution in [-0.4, -0.2) is 19.1 Å². The molecule has 1 nitrogen and oxygen atoms in total. The molecule has 1 atom stereocenters. The van der Waals surface area contributed by atoms with Gasteiger partial charge in [0.05, 0.1) is 6.10 Å². The zero-order valence-electron chi connectivity index (χ0n) is 9.12. The van der Waals surface area contributed by atoms with Gasteiger partial charge < -0.3 is 4.74 Å². The summed E-state index contributed by atoms with van der Waals surface area (Å²) in [6.45, 7) is 0. The molecule has 0 amide bonds. The van der Waals surface area contributed by atoms with Crippen molar-refractivity contribution in [1.82, 2.24) is 0 Å². The van der Waals surface area contributed by atoms with E-state index in [0.717, 1.165) is 5.92 Å². The molecule has 0 spiro atoms. The zero-order valence-corrected chi connectivity index (χ0v) is 11.0. The van der Waals surface area contributed by atoms with Gasteiger partial charge in [-0.3, -0.25) is 0 Å². The van der Waals surface area contributed by atoms with E-state index >= 15 is 0 Å². The van der Waals surface area contributed by atoms with Gasteiger partial charge >= 0.3 is 17.1 Å². The summed E-state index contributed by atoms with van der Waals surface area (Å²) in [7, 11) is 1.67. The van der Waals surface area contributed by atoms with Gasteiger partial charge in [-0.2, -0.15) is 0 Å². The molecule has 3 heteroatoms. The maximum atomic E-state index is 5.63. The van der Waals surface area contributed by atoms with Crippen LogP contribution in [0.1, 0.15) is 0 Å². The zero-order chi connectivity index (χ0) is 10.9. The molecule has 0 aromatic rings. The van der Waals surface area contributed by atoms with Crippen LogP contribution in [0.4, 0.5) is 0 Å². The summed E-state index contributed by atoms with van der Waals surface area (Å²) in [4.78, 5) is 0. The predicted octanol–water partition coefficient (Wildman–Crippen LogP) is 2.66. The van der Waals surface area contributed by atoms with Gasteiger partial charge in [0.15, 0.2) is 0 Å². The van der Waals surface area contributed by atoms with Crippen LogP contribution in [0.15, 0.2) is 0 Å². The van der Waals surface area contributed by atoms with E-state index in [0.29, 0.717) is 5.88 Å². The van der Waals surface area contributed by atoms with Gasteiger partial charge in [-0.25, -0.2) is 0 Å². The van der Waals surface area contributed by atoms with E-state index in [1.165, 1.54) is 0 Å². The summed E-state index contributed by atoms with van der Waals surface area (Å²) in [6.07, 6.45) is 18.0. The van der Waals surface area contributed by atoms with Crippen molar-refractivity contribution >= 4 is 11.6 Å². The number of rotatable bonds is 3. The van der Waals surface area contributed by atoms with Crippen molar-refractivity contribution in [3.63, 3.8) is 0 Å². The van der Waals surface area contributed by atoms with Crippen LogP contribution < -0.4 is 0 Å². The largest absolute Gasteiger partial charge is 2.00 e. The summed E-state index contributed by atoms with van der Waals surface area (Å²) in [6, 6.07) is 0. The Morgan fingerprint density at radius 2 is 1.44 bits per heavy atom. The molecule has 0 aliphatic heterocycles. The van der Waals surface area contributed by atoms with Crippen molar-refractivity contribution in [2.45, 2.75) is 6.10 Å². The van der Waals surface area contributed by atoms with Crippen molar-refractivity contribution < 1.29 is 21.8 Å². The molecule has 0 N–H and O–H groups in total. The van der Waals surface area contributed by atoms with Gasteiger partial charge in [-0.1, -0.05) is 0 Å². The number of halogens is 1. The van der Waals surface area contributed by atoms with Gasteiger partial charge in [0.2, 0.25) is 0 Å². The van der Waals surface area contributed by atoms with Crippen LogP contribution in [0.2, 0.25) is 0 Å². The molecule has 2 rings (SSSR count). The fraction of sp³-hybridized carbons (Fsp3) is 0.231. The summed E-state index contributed by atoms with van der Waals surface area (Å²) in [5.41, 5.74) is 0. The van der Waals surface area contributed by atoms with E-state index in [2.05, 4.69) is 0 Å². The normalized spacial score (nSPS) is 22.1. The molecule has 2 aliphatic carbocycles. The maximum absolute atomic E-state index is 5.63. The Morgan fingerprint density at radius 1 is 1.00 bits per heavy atom. The molecule has 10 radical (unpaired) electrons. The van der Waals surface area contributed by atoms with Crippen LogP contribution in [-0.2, 0) is 21.8 Å². The second-order valence-electron chi connectivity index (χ2n) is 3.06. The van der Waals surface area contributed by atoms with Crippen LogP contribution in [0, 0.1) is 63.7 Å². The van der Waals surface area contributed by atoms with Crippen LogP contribution >= 0.6 is 11.6 Å². The molecule has 2 fully saturated rings. The Hall–Kier alpha value is 0.769. The van der Waals surface area contributed by atoms with Gasteiger partial charge in [0.25, 0.3) is 0 Å². The first kappa shape index (κ1) is 16.8. The van der Waals surface area contributed by atoms with Crippen LogP contribution in [0.5, 0.6) is 0 Å². The van der Waals surface area contributed by atoms with E-state index < -0.39 is 0 Å². The molecule has 2 aliphatic rings. The quantitative estimate of drug-likeness (QED) is 0.570. The van der Waals surface area contributed by atoms with E-state index in [-0.39, 0.29) is 23.2 Å². The van der Waals surface area contributed by atoms with Gasteiger partial charge in [-0.15, -0.1) is 11.6 Å². The van der Waals surface area contributed by atoms with Gasteiger partial charge in [0, 0.05) is 18.9 Å². The SMILES string of the molecule is CO[C@H](CCl)[C]1[CH][CH][CH][CH]1.[CH]1[CH][CH][CH][CH]1.[Fe+2]. The molecule has 2 saturated carbocycles. The van der Waals surface area contributed by atoms with Crippen LogP contribution in [0.3, 0.4) is 0 Å². The minimum atomic E-state index is 0. The number of ether oxygens (including phenoxy) is 1. The molecule has 0 aromatic carbocycles. The summed E-state index contributed by atoms with van der Waals surface area (Å²) in [5.74, 6) is 1.66. The maximum Gasteiger partial charge on any atom is 2.00 e. The third-order valence-electron chi connectivity index (χ3n) is 2.04. The number of hydrogen-bond donors (Lipinski definition) is 0. The molecular weight excluding hydrogens is 263 g/mol. The second-order valence-corrected chi connectivity index (χ2v) is 3.37. The number of hydrogen-bond acceptors (Lipinski definition) is 1. The number of methoxy groups -OCH3 is 1. The smallest absolute Gasteiger partial charge is 0.380 e. The monoisotopic (exact) mass is 278 g/mol. The third-order valence-corrected chi connectivity index (χ3v) is 2.32. The first-order valence-electron chi connectivity index (χ1n) is 4.85. The summed E-state index contributed by atoms with van der Waals surface area (Å²) < 4.78 is 5.11. The van der Waals surface area contributed by atoms with E-state index in [1.54, 1.807) is 7.11 Å². The summed E-state index contributed by atoms with van der Waals surface area (Å²) >= 11 is 5.63. The third kappa shape index (κ3) is 6.49. The van der Waals surface area contributed by atoms with E-state index in [1.807, 2.05) is 57.8 Å². The first-order chi connectivity index (χ1) is 7.38. The van der Waals surface area contributed by atoms with E-state index in [4.69, 9.17) is 16.3 Å². The molecule has 0 heterocycles. The molecule has 86 valence electrons. The fourth-order valence-electron chi connectivity index (χ4n) is 1.21. The molecule has 0 aromatic heterocycles. The van der Waals surface area contributed by atoms with E-state index in [9.17, 15) is 0 Å². The molecule has 16 heavy (non-hydrogen) atoms. The Bertz CT molecular complexity index is 133. The Labute approximate surface area is 116 Å². The molecule has 0 saturated heterocycles. The summed E-state index contributed by atoms with van der Waals surface area (Å²) in [5, 5.41) is 0. The molecule has 0 unspecified atom stereocenters. The van der Waals surface area contributed by atoms with Crippen molar-refractivity contribution in [2.24, 2.45) is 0 Å². The molecular formula is C13H15ClFeO+2. The topological polar surface area (TPSA) is 9.23 Å². The van der Waals surface area contributed by atoms with Crippen molar-refractivity contribution in [3.8, 4) is 0 Å². The standard InChI is InChI=1S/C8H10ClO.C5H5.Fe/c1-10-8(6-9)7-4-2-3-5-7;1-2-4-5-3-1;/h2-5,8H,6H2,1H3;1-5H;/q;;+2/t8-;;/m1../s1. The van der Waals surface area contributed by atoms with Gasteiger partial charge in [-0.05, 0) is 57.8 Å². The minimum Gasteiger partial charge on any atom is -0.380 e. The van der Waals surface area contributed by atoms with Gasteiger partial charge in [0.1, 0.15) is 0 Å². The van der Waals surface area contributed by atoms with Crippen LogP contribution in [0.25, 0.3) is 0 Å². The Balaban J connectivity index is 0.000000318. The average Bonchev–Trinajstić information content (AvgIpc) is 2.96. The fourth-order valence-corrected chi connectivity index (χ4v) is 1.52. The van der Waals surface area contributed by atoms with Crippen molar-refractivity contribution in [1.29, 1.82) is 0 Å². The Morgan fingerprint density at radius 3 is 1.75 bits per heavy atom. The minimum absolute atomic E-state index is 0. The first-order valence-corrected chi connectivity index (χ1v) is 5.39. The predicted molar refractivity (Wildman–Crippen MR) is 63.5 cm³/mol. The molecule has 0 bridgehead atoms.